The van der Waals surface area contributed by atoms with Crippen molar-refractivity contribution in [1.29, 1.82) is 0 Å². The monoisotopic (exact) mass is 326 g/mol. The van der Waals surface area contributed by atoms with Crippen molar-refractivity contribution in [3.8, 4) is 0 Å². The number of anilines is 1. The van der Waals surface area contributed by atoms with E-state index >= 15 is 0 Å². The van der Waals surface area contributed by atoms with Gasteiger partial charge in [-0.25, -0.2) is 0 Å². The minimum atomic E-state index is -0.253. The lowest BCUT2D eigenvalue weighted by molar-refractivity contribution is 0.102. The number of carbonyl (C=O) groups excluding carboxylic acids is 1. The van der Waals surface area contributed by atoms with Gasteiger partial charge in [-0.1, -0.05) is 12.8 Å². The van der Waals surface area contributed by atoms with Gasteiger partial charge in [0.15, 0.2) is 0 Å². The van der Waals surface area contributed by atoms with Crippen LogP contribution in [0.25, 0.3) is 0 Å². The molecule has 0 atom stereocenters. The van der Waals surface area contributed by atoms with E-state index in [2.05, 4.69) is 15.4 Å². The van der Waals surface area contributed by atoms with Crippen LogP contribution in [0.5, 0.6) is 0 Å². The lowest BCUT2D eigenvalue weighted by Gasteiger charge is -2.13. The molecule has 2 aromatic heterocycles. The number of nitrogens with zero attached hydrogens (tertiary/aromatic N) is 2. The van der Waals surface area contributed by atoms with Crippen LogP contribution in [0.1, 0.15) is 72.2 Å². The summed E-state index contributed by atoms with van der Waals surface area (Å²) in [7, 11) is 0. The molecule has 2 N–H and O–H groups in total. The van der Waals surface area contributed by atoms with Gasteiger partial charge in [0, 0.05) is 17.3 Å². The molecule has 0 radical (unpaired) electrons. The van der Waals surface area contributed by atoms with E-state index in [1.165, 1.54) is 18.9 Å². The number of carbonyl (C=O) groups is 1. The average Bonchev–Trinajstić information content (AvgIpc) is 3.17. The number of nitrogens with one attached hydrogen (secondary N) is 2. The van der Waals surface area contributed by atoms with E-state index < -0.39 is 0 Å². The summed E-state index contributed by atoms with van der Waals surface area (Å²) in [6, 6.07) is 3.60. The maximum atomic E-state index is 12.5. The standard InChI is InChI=1S/C18H22N4O2/c1-11-16(10-19-22(11)14-4-2-3-5-14)21-18(24)13-8-15(12-6-7-12)20-17(23)9-13/h8-10,12,14H,2-7H2,1H3,(H,20,23)(H,21,24). The number of aromatic amines is 1. The molecule has 2 fully saturated rings. The number of aromatic nitrogens is 3. The zero-order chi connectivity index (χ0) is 16.7. The van der Waals surface area contributed by atoms with Crippen molar-refractivity contribution < 1.29 is 4.79 Å². The average molecular weight is 326 g/mol. The lowest BCUT2D eigenvalue weighted by atomic mass is 10.1. The summed E-state index contributed by atoms with van der Waals surface area (Å²) in [5.74, 6) is 0.148. The van der Waals surface area contributed by atoms with Gasteiger partial charge < -0.3 is 10.3 Å². The van der Waals surface area contributed by atoms with Gasteiger partial charge >= 0.3 is 0 Å². The Balaban J connectivity index is 1.55. The van der Waals surface area contributed by atoms with Crippen LogP contribution < -0.4 is 10.9 Å². The van der Waals surface area contributed by atoms with Gasteiger partial charge in [-0.15, -0.1) is 0 Å². The first-order chi connectivity index (χ1) is 11.6. The van der Waals surface area contributed by atoms with Gasteiger partial charge in [-0.05, 0) is 44.6 Å². The molecular weight excluding hydrogens is 304 g/mol. The van der Waals surface area contributed by atoms with Crippen LogP contribution >= 0.6 is 0 Å². The van der Waals surface area contributed by atoms with Crippen molar-refractivity contribution >= 4 is 11.6 Å². The SMILES string of the molecule is Cc1c(NC(=O)c2cc(C3CC3)[nH]c(=O)c2)cnn1C1CCCC1. The fourth-order valence-electron chi connectivity index (χ4n) is 3.57. The fourth-order valence-corrected chi connectivity index (χ4v) is 3.57. The molecule has 1 amide bonds. The molecule has 2 aromatic rings. The second-order valence-electron chi connectivity index (χ2n) is 6.94. The van der Waals surface area contributed by atoms with E-state index in [9.17, 15) is 9.59 Å². The predicted octanol–water partition coefficient (Wildman–Crippen LogP) is 3.12. The predicted molar refractivity (Wildman–Crippen MR) is 91.5 cm³/mol. The molecule has 2 saturated carbocycles. The Morgan fingerprint density at radius 3 is 2.71 bits per heavy atom. The van der Waals surface area contributed by atoms with Crippen molar-refractivity contribution in [2.45, 2.75) is 57.4 Å². The molecule has 4 rings (SSSR count). The Labute approximate surface area is 140 Å². The van der Waals surface area contributed by atoms with Crippen LogP contribution in [0.2, 0.25) is 0 Å². The molecule has 126 valence electrons. The van der Waals surface area contributed by atoms with Gasteiger partial charge in [0.05, 0.1) is 23.6 Å². The van der Waals surface area contributed by atoms with Gasteiger partial charge in [-0.3, -0.25) is 14.3 Å². The highest BCUT2D eigenvalue weighted by molar-refractivity contribution is 6.04. The van der Waals surface area contributed by atoms with Crippen LogP contribution in [0.4, 0.5) is 5.69 Å². The first-order valence-electron chi connectivity index (χ1n) is 8.71. The summed E-state index contributed by atoms with van der Waals surface area (Å²) in [5.41, 5.74) is 2.75. The second-order valence-corrected chi connectivity index (χ2v) is 6.94. The summed E-state index contributed by atoms with van der Waals surface area (Å²) in [6.07, 6.45) is 8.64. The number of rotatable bonds is 4. The Kier molecular flexibility index (Phi) is 3.75. The Morgan fingerprint density at radius 1 is 1.25 bits per heavy atom. The third kappa shape index (κ3) is 2.88. The van der Waals surface area contributed by atoms with E-state index in [0.29, 0.717) is 17.5 Å². The Hall–Kier alpha value is -2.37. The summed E-state index contributed by atoms with van der Waals surface area (Å²) in [4.78, 5) is 27.2. The maximum absolute atomic E-state index is 12.5. The second kappa shape index (κ2) is 5.92. The van der Waals surface area contributed by atoms with Gasteiger partial charge in [0.1, 0.15) is 0 Å². The first-order valence-corrected chi connectivity index (χ1v) is 8.71. The number of H-pyrrole nitrogens is 1. The van der Waals surface area contributed by atoms with Crippen molar-refractivity contribution in [2.24, 2.45) is 0 Å². The molecule has 2 aliphatic rings. The van der Waals surface area contributed by atoms with Crippen LogP contribution in [0.3, 0.4) is 0 Å². The number of hydrogen-bond donors (Lipinski definition) is 2. The van der Waals surface area contributed by atoms with Crippen LogP contribution in [0, 0.1) is 6.92 Å². The topological polar surface area (TPSA) is 79.8 Å². The van der Waals surface area contributed by atoms with Crippen molar-refractivity contribution in [3.63, 3.8) is 0 Å². The normalized spacial score (nSPS) is 18.0. The summed E-state index contributed by atoms with van der Waals surface area (Å²) in [6.45, 7) is 1.98. The number of hydrogen-bond acceptors (Lipinski definition) is 3. The first kappa shape index (κ1) is 15.2. The van der Waals surface area contributed by atoms with Crippen molar-refractivity contribution in [1.82, 2.24) is 14.8 Å². The summed E-state index contributed by atoms with van der Waals surface area (Å²) in [5, 5.41) is 7.36. The van der Waals surface area contributed by atoms with Gasteiger partial charge in [0.25, 0.3) is 5.91 Å². The molecule has 24 heavy (non-hydrogen) atoms. The highest BCUT2D eigenvalue weighted by atomic mass is 16.2. The number of pyridine rings is 1. The van der Waals surface area contributed by atoms with Crippen LogP contribution in [-0.4, -0.2) is 20.7 Å². The zero-order valence-corrected chi connectivity index (χ0v) is 13.8. The molecule has 6 nitrogen and oxygen atoms in total. The molecule has 0 aliphatic heterocycles. The smallest absolute Gasteiger partial charge is 0.256 e. The molecular formula is C18H22N4O2. The Morgan fingerprint density at radius 2 is 2.00 bits per heavy atom. The van der Waals surface area contributed by atoms with E-state index in [4.69, 9.17) is 0 Å². The summed E-state index contributed by atoms with van der Waals surface area (Å²) >= 11 is 0. The number of amides is 1. The third-order valence-corrected chi connectivity index (χ3v) is 5.11. The Bertz CT molecular complexity index is 826. The fraction of sp³-hybridized carbons (Fsp3) is 0.500. The molecule has 0 aromatic carbocycles. The van der Waals surface area contributed by atoms with E-state index in [-0.39, 0.29) is 11.5 Å². The maximum Gasteiger partial charge on any atom is 0.256 e. The van der Waals surface area contributed by atoms with Crippen molar-refractivity contribution in [2.75, 3.05) is 5.32 Å². The minimum absolute atomic E-state index is 0.220. The highest BCUT2D eigenvalue weighted by Crippen LogP contribution is 2.38. The van der Waals surface area contributed by atoms with E-state index in [0.717, 1.165) is 42.8 Å². The van der Waals surface area contributed by atoms with Crippen molar-refractivity contribution in [3.05, 3.63) is 45.6 Å². The van der Waals surface area contributed by atoms with Crippen LogP contribution in [-0.2, 0) is 0 Å². The zero-order valence-electron chi connectivity index (χ0n) is 13.8. The molecule has 0 bridgehead atoms. The largest absolute Gasteiger partial charge is 0.326 e. The molecule has 2 aliphatic carbocycles. The molecule has 0 spiro atoms. The molecule has 6 heteroatoms. The van der Waals surface area contributed by atoms with Gasteiger partial charge in [0.2, 0.25) is 5.56 Å². The van der Waals surface area contributed by atoms with E-state index in [1.807, 2.05) is 11.6 Å². The minimum Gasteiger partial charge on any atom is -0.326 e. The quantitative estimate of drug-likeness (QED) is 0.906. The van der Waals surface area contributed by atoms with Crippen LogP contribution in [0.15, 0.2) is 23.1 Å². The highest BCUT2D eigenvalue weighted by Gasteiger charge is 2.26. The molecule has 0 unspecified atom stereocenters. The summed E-state index contributed by atoms with van der Waals surface area (Å²) < 4.78 is 2.02. The third-order valence-electron chi connectivity index (χ3n) is 5.11. The molecule has 0 saturated heterocycles. The lowest BCUT2D eigenvalue weighted by Crippen LogP contribution is -2.18. The van der Waals surface area contributed by atoms with Gasteiger partial charge in [-0.2, -0.15) is 5.10 Å². The molecule has 2 heterocycles. The van der Waals surface area contributed by atoms with E-state index in [1.54, 1.807) is 12.3 Å².